The quantitative estimate of drug-likeness (QED) is 0.750. The number of Topliss-reactive ketones (excluding diaryl/α,β-unsaturated/α-hetero) is 1. The first kappa shape index (κ1) is 12.9. The second-order valence-corrected chi connectivity index (χ2v) is 6.44. The lowest BCUT2D eigenvalue weighted by atomic mass is 9.79. The molecule has 1 aliphatic heterocycles. The Kier molecular flexibility index (Phi) is 2.25. The van der Waals surface area contributed by atoms with Crippen LogP contribution in [-0.4, -0.2) is 17.4 Å². The summed E-state index contributed by atoms with van der Waals surface area (Å²) in [6, 6.07) is 11.7. The van der Waals surface area contributed by atoms with Gasteiger partial charge in [0.05, 0.1) is 5.39 Å². The van der Waals surface area contributed by atoms with Gasteiger partial charge in [0.15, 0.2) is 11.6 Å². The maximum Gasteiger partial charge on any atom is 0.267 e. The molecule has 0 amide bonds. The van der Waals surface area contributed by atoms with Gasteiger partial charge in [0.2, 0.25) is 0 Å². The van der Waals surface area contributed by atoms with Gasteiger partial charge in [-0.15, -0.1) is 0 Å². The molecular weight excluding hydrogens is 292 g/mol. The van der Waals surface area contributed by atoms with Crippen molar-refractivity contribution in [3.8, 4) is 11.5 Å². The van der Waals surface area contributed by atoms with Crippen LogP contribution >= 0.6 is 0 Å². The standard InChI is InChI=1S/C19H14O4/c20-13-7-9-18(11-13)16(21)8-10-19(18)22-14-5-1-3-12-4-2-6-15(23-19)17(12)14/h1-7,9H,8,10-11H2. The third-order valence-corrected chi connectivity index (χ3v) is 5.24. The fourth-order valence-electron chi connectivity index (χ4n) is 4.12. The van der Waals surface area contributed by atoms with Crippen LogP contribution in [-0.2, 0) is 9.59 Å². The van der Waals surface area contributed by atoms with Crippen LogP contribution in [0.15, 0.2) is 48.6 Å². The first-order valence-electron chi connectivity index (χ1n) is 7.79. The summed E-state index contributed by atoms with van der Waals surface area (Å²) in [6.07, 6.45) is 4.12. The molecule has 2 spiro atoms. The summed E-state index contributed by atoms with van der Waals surface area (Å²) in [7, 11) is 0. The van der Waals surface area contributed by atoms with Crippen molar-refractivity contribution in [1.82, 2.24) is 0 Å². The molecule has 2 aromatic rings. The Hall–Kier alpha value is -2.62. The van der Waals surface area contributed by atoms with Crippen LogP contribution in [0.3, 0.4) is 0 Å². The number of ketones is 2. The van der Waals surface area contributed by atoms with E-state index in [1.807, 2.05) is 36.4 Å². The van der Waals surface area contributed by atoms with Crippen LogP contribution in [0.2, 0.25) is 0 Å². The SMILES string of the molecule is O=C1C=CC2(C1)C(=O)CCC21Oc2cccc3cccc(c23)O1. The molecule has 1 saturated carbocycles. The zero-order valence-electron chi connectivity index (χ0n) is 12.4. The predicted octanol–water partition coefficient (Wildman–Crippen LogP) is 3.19. The summed E-state index contributed by atoms with van der Waals surface area (Å²) in [5, 5.41) is 1.95. The van der Waals surface area contributed by atoms with Crippen LogP contribution in [0.4, 0.5) is 0 Å². The zero-order chi connectivity index (χ0) is 15.7. The number of rotatable bonds is 0. The topological polar surface area (TPSA) is 52.6 Å². The molecule has 5 rings (SSSR count). The van der Waals surface area contributed by atoms with Crippen LogP contribution in [0.1, 0.15) is 19.3 Å². The molecule has 4 heteroatoms. The van der Waals surface area contributed by atoms with Crippen molar-refractivity contribution < 1.29 is 19.1 Å². The summed E-state index contributed by atoms with van der Waals surface area (Å²) in [6.45, 7) is 0. The van der Waals surface area contributed by atoms with Gasteiger partial charge in [-0.3, -0.25) is 9.59 Å². The van der Waals surface area contributed by atoms with Crippen LogP contribution in [0.5, 0.6) is 11.5 Å². The van der Waals surface area contributed by atoms with Crippen molar-refractivity contribution in [2.45, 2.75) is 25.0 Å². The smallest absolute Gasteiger partial charge is 0.267 e. The van der Waals surface area contributed by atoms with Gasteiger partial charge in [-0.25, -0.2) is 0 Å². The van der Waals surface area contributed by atoms with Crippen LogP contribution in [0.25, 0.3) is 10.8 Å². The van der Waals surface area contributed by atoms with E-state index in [2.05, 4.69) is 0 Å². The van der Waals surface area contributed by atoms with Crippen molar-refractivity contribution in [2.24, 2.45) is 5.41 Å². The number of hydrogen-bond acceptors (Lipinski definition) is 4. The minimum absolute atomic E-state index is 0.0196. The second kappa shape index (κ2) is 4.02. The summed E-state index contributed by atoms with van der Waals surface area (Å²) in [5.74, 6) is 0.280. The number of fused-ring (bicyclic) bond motifs is 1. The van der Waals surface area contributed by atoms with Crippen LogP contribution in [0, 0.1) is 5.41 Å². The number of hydrogen-bond donors (Lipinski definition) is 0. The van der Waals surface area contributed by atoms with E-state index in [9.17, 15) is 9.59 Å². The molecule has 3 aliphatic rings. The van der Waals surface area contributed by atoms with Gasteiger partial charge in [0.25, 0.3) is 5.79 Å². The normalized spacial score (nSPS) is 27.0. The highest BCUT2D eigenvalue weighted by Crippen LogP contribution is 2.56. The summed E-state index contributed by atoms with van der Waals surface area (Å²) in [5.41, 5.74) is -1.00. The van der Waals surface area contributed by atoms with E-state index in [-0.39, 0.29) is 18.0 Å². The predicted molar refractivity (Wildman–Crippen MR) is 83.4 cm³/mol. The Morgan fingerprint density at radius 2 is 1.65 bits per heavy atom. The lowest BCUT2D eigenvalue weighted by molar-refractivity contribution is -0.178. The number of ether oxygens (including phenoxy) is 2. The molecule has 114 valence electrons. The molecule has 0 saturated heterocycles. The monoisotopic (exact) mass is 306 g/mol. The fourth-order valence-corrected chi connectivity index (χ4v) is 4.12. The Morgan fingerprint density at radius 1 is 0.957 bits per heavy atom. The van der Waals surface area contributed by atoms with Gasteiger partial charge in [-0.1, -0.05) is 30.3 Å². The van der Waals surface area contributed by atoms with Gasteiger partial charge in [-0.05, 0) is 23.6 Å². The fraction of sp³-hybridized carbons (Fsp3) is 0.263. The molecule has 1 fully saturated rings. The molecule has 0 N–H and O–H groups in total. The molecule has 0 aromatic heterocycles. The van der Waals surface area contributed by atoms with Crippen LogP contribution < -0.4 is 9.47 Å². The summed E-state index contributed by atoms with van der Waals surface area (Å²) < 4.78 is 12.5. The molecule has 23 heavy (non-hydrogen) atoms. The maximum atomic E-state index is 12.6. The molecule has 2 aromatic carbocycles. The molecular formula is C19H14O4. The highest BCUT2D eigenvalue weighted by atomic mass is 16.7. The average Bonchev–Trinajstić information content (AvgIpc) is 3.06. The van der Waals surface area contributed by atoms with Gasteiger partial charge in [-0.2, -0.15) is 0 Å². The molecule has 0 bridgehead atoms. The van der Waals surface area contributed by atoms with Gasteiger partial charge < -0.3 is 9.47 Å². The van der Waals surface area contributed by atoms with Crippen molar-refractivity contribution >= 4 is 22.3 Å². The molecule has 2 aliphatic carbocycles. The number of carbonyl (C=O) groups is 2. The van der Waals surface area contributed by atoms with Crippen molar-refractivity contribution in [3.05, 3.63) is 48.6 Å². The van der Waals surface area contributed by atoms with Gasteiger partial charge in [0, 0.05) is 19.3 Å². The Balaban J connectivity index is 1.73. The Morgan fingerprint density at radius 3 is 2.26 bits per heavy atom. The van der Waals surface area contributed by atoms with Crippen molar-refractivity contribution in [2.75, 3.05) is 0 Å². The lowest BCUT2D eigenvalue weighted by Gasteiger charge is -2.43. The third-order valence-electron chi connectivity index (χ3n) is 5.24. The number of allylic oxidation sites excluding steroid dienone is 1. The van der Waals surface area contributed by atoms with Crippen molar-refractivity contribution in [1.29, 1.82) is 0 Å². The third kappa shape index (κ3) is 1.46. The molecule has 0 radical (unpaired) electrons. The molecule has 4 nitrogen and oxygen atoms in total. The van der Waals surface area contributed by atoms with Gasteiger partial charge >= 0.3 is 0 Å². The average molecular weight is 306 g/mol. The van der Waals surface area contributed by atoms with Crippen molar-refractivity contribution in [3.63, 3.8) is 0 Å². The lowest BCUT2D eigenvalue weighted by Crippen LogP contribution is -2.55. The molecule has 1 heterocycles. The number of carbonyl (C=O) groups excluding carboxylic acids is 2. The minimum Gasteiger partial charge on any atom is -0.450 e. The Labute approximate surface area is 132 Å². The van der Waals surface area contributed by atoms with E-state index in [1.54, 1.807) is 6.08 Å². The highest BCUT2D eigenvalue weighted by molar-refractivity contribution is 6.04. The van der Waals surface area contributed by atoms with E-state index in [0.717, 1.165) is 10.8 Å². The minimum atomic E-state index is -1.12. The summed E-state index contributed by atoms with van der Waals surface area (Å²) in [4.78, 5) is 24.5. The zero-order valence-corrected chi connectivity index (χ0v) is 12.4. The van der Waals surface area contributed by atoms with E-state index in [1.165, 1.54) is 6.08 Å². The summed E-state index contributed by atoms with van der Waals surface area (Å²) >= 11 is 0. The van der Waals surface area contributed by atoms with E-state index >= 15 is 0 Å². The highest BCUT2D eigenvalue weighted by Gasteiger charge is 2.66. The Bertz CT molecular complexity index is 870. The largest absolute Gasteiger partial charge is 0.450 e. The van der Waals surface area contributed by atoms with E-state index < -0.39 is 11.2 Å². The van der Waals surface area contributed by atoms with E-state index in [4.69, 9.17) is 9.47 Å². The van der Waals surface area contributed by atoms with E-state index in [0.29, 0.717) is 24.3 Å². The first-order chi connectivity index (χ1) is 11.1. The second-order valence-electron chi connectivity index (χ2n) is 6.44. The first-order valence-corrected chi connectivity index (χ1v) is 7.79. The maximum absolute atomic E-state index is 12.6. The number of benzene rings is 2. The molecule has 1 atom stereocenters. The molecule has 1 unspecified atom stereocenters. The van der Waals surface area contributed by atoms with Gasteiger partial charge in [0.1, 0.15) is 16.9 Å².